The molecular weight excluding hydrogens is 290 g/mol. The third kappa shape index (κ3) is 3.89. The van der Waals surface area contributed by atoms with Gasteiger partial charge in [0, 0.05) is 0 Å². The largest absolute Gasteiger partial charge is 0.394 e. The quantitative estimate of drug-likeness (QED) is 0.479. The second-order valence-corrected chi connectivity index (χ2v) is 4.83. The van der Waals surface area contributed by atoms with Crippen LogP contribution in [0.1, 0.15) is 20.7 Å². The van der Waals surface area contributed by atoms with Gasteiger partial charge in [-0.05, 0) is 12.1 Å². The van der Waals surface area contributed by atoms with Crippen LogP contribution in [0.25, 0.3) is 0 Å². The van der Waals surface area contributed by atoms with E-state index in [0.717, 1.165) is 0 Å². The molecule has 2 amide bonds. The molecule has 1 aromatic rings. The summed E-state index contributed by atoms with van der Waals surface area (Å²) in [7, 11) is 0. The summed E-state index contributed by atoms with van der Waals surface area (Å²) in [4.78, 5) is 25.3. The molecule has 2 rings (SSSR count). The molecule has 0 saturated carbocycles. The highest BCUT2D eigenvalue weighted by molar-refractivity contribution is 6.21. The standard InChI is InChI=1S/C15H19NO6/c17-9-11(18)10-22-8-7-21-6-5-16-14(19)12-3-1-2-4-13(12)15(16)20/h1-4,11,17-18H,5-10H2. The smallest absolute Gasteiger partial charge is 0.261 e. The molecule has 1 atom stereocenters. The first-order valence-corrected chi connectivity index (χ1v) is 7.04. The average Bonchev–Trinajstić information content (AvgIpc) is 2.78. The van der Waals surface area contributed by atoms with Gasteiger partial charge in [0.15, 0.2) is 0 Å². The van der Waals surface area contributed by atoms with E-state index in [-0.39, 0.29) is 51.4 Å². The molecule has 1 unspecified atom stereocenters. The van der Waals surface area contributed by atoms with Gasteiger partial charge in [-0.25, -0.2) is 0 Å². The van der Waals surface area contributed by atoms with Gasteiger partial charge < -0.3 is 19.7 Å². The van der Waals surface area contributed by atoms with Gasteiger partial charge in [0.25, 0.3) is 11.8 Å². The van der Waals surface area contributed by atoms with Gasteiger partial charge in [-0.3, -0.25) is 14.5 Å². The number of aliphatic hydroxyl groups excluding tert-OH is 2. The predicted molar refractivity (Wildman–Crippen MR) is 76.5 cm³/mol. The molecule has 2 N–H and O–H groups in total. The first kappa shape index (κ1) is 16.6. The van der Waals surface area contributed by atoms with Gasteiger partial charge in [-0.1, -0.05) is 12.1 Å². The fourth-order valence-corrected chi connectivity index (χ4v) is 2.09. The number of benzene rings is 1. The molecule has 120 valence electrons. The maximum Gasteiger partial charge on any atom is 0.261 e. The van der Waals surface area contributed by atoms with Crippen molar-refractivity contribution in [1.82, 2.24) is 4.90 Å². The molecule has 0 saturated heterocycles. The van der Waals surface area contributed by atoms with Crippen LogP contribution in [0.5, 0.6) is 0 Å². The Morgan fingerprint density at radius 1 is 1.00 bits per heavy atom. The number of rotatable bonds is 9. The van der Waals surface area contributed by atoms with E-state index in [2.05, 4.69) is 0 Å². The summed E-state index contributed by atoms with van der Waals surface area (Å²) in [5, 5.41) is 17.6. The third-order valence-corrected chi connectivity index (χ3v) is 3.23. The van der Waals surface area contributed by atoms with Crippen molar-refractivity contribution in [2.24, 2.45) is 0 Å². The molecule has 7 nitrogen and oxygen atoms in total. The van der Waals surface area contributed by atoms with Gasteiger partial charge in [-0.15, -0.1) is 0 Å². The van der Waals surface area contributed by atoms with Gasteiger partial charge in [0.2, 0.25) is 0 Å². The summed E-state index contributed by atoms with van der Waals surface area (Å²) in [6.07, 6.45) is -0.890. The number of hydrogen-bond acceptors (Lipinski definition) is 6. The van der Waals surface area contributed by atoms with Crippen molar-refractivity contribution in [3.8, 4) is 0 Å². The first-order chi connectivity index (χ1) is 10.6. The Morgan fingerprint density at radius 3 is 2.18 bits per heavy atom. The number of fused-ring (bicyclic) bond motifs is 1. The molecule has 0 spiro atoms. The fourth-order valence-electron chi connectivity index (χ4n) is 2.09. The number of ether oxygens (including phenoxy) is 2. The summed E-state index contributed by atoms with van der Waals surface area (Å²) in [6, 6.07) is 6.72. The number of aliphatic hydroxyl groups is 2. The first-order valence-electron chi connectivity index (χ1n) is 7.04. The summed E-state index contributed by atoms with van der Waals surface area (Å²) < 4.78 is 10.4. The van der Waals surface area contributed by atoms with Crippen LogP contribution in [0, 0.1) is 0 Å². The lowest BCUT2D eigenvalue weighted by atomic mass is 10.1. The molecule has 22 heavy (non-hydrogen) atoms. The minimum atomic E-state index is -0.890. The molecule has 1 aromatic carbocycles. The van der Waals surface area contributed by atoms with Crippen molar-refractivity contribution >= 4 is 11.8 Å². The van der Waals surface area contributed by atoms with Gasteiger partial charge in [0.1, 0.15) is 6.10 Å². The molecule has 0 radical (unpaired) electrons. The number of hydrogen-bond donors (Lipinski definition) is 2. The second-order valence-electron chi connectivity index (χ2n) is 4.83. The molecule has 1 heterocycles. The van der Waals surface area contributed by atoms with Crippen molar-refractivity contribution in [3.63, 3.8) is 0 Å². The number of amides is 2. The minimum Gasteiger partial charge on any atom is -0.394 e. The molecular formula is C15H19NO6. The van der Waals surface area contributed by atoms with Crippen LogP contribution in [0.3, 0.4) is 0 Å². The third-order valence-electron chi connectivity index (χ3n) is 3.23. The van der Waals surface area contributed by atoms with Crippen molar-refractivity contribution in [1.29, 1.82) is 0 Å². The molecule has 0 aliphatic carbocycles. The van der Waals surface area contributed by atoms with Gasteiger partial charge >= 0.3 is 0 Å². The SMILES string of the molecule is O=C1c2ccccc2C(=O)N1CCOCCOCC(O)CO. The number of carbonyl (C=O) groups excluding carboxylic acids is 2. The van der Waals surface area contributed by atoms with Crippen LogP contribution in [0.2, 0.25) is 0 Å². The maximum absolute atomic E-state index is 12.1. The Labute approximate surface area is 128 Å². The van der Waals surface area contributed by atoms with E-state index in [1.54, 1.807) is 24.3 Å². The van der Waals surface area contributed by atoms with Crippen LogP contribution in [0.15, 0.2) is 24.3 Å². The van der Waals surface area contributed by atoms with Crippen LogP contribution in [0.4, 0.5) is 0 Å². The highest BCUT2D eigenvalue weighted by Gasteiger charge is 2.34. The summed E-state index contributed by atoms with van der Waals surface area (Å²) >= 11 is 0. The maximum atomic E-state index is 12.1. The van der Waals surface area contributed by atoms with Crippen molar-refractivity contribution in [3.05, 3.63) is 35.4 Å². The summed E-state index contributed by atoms with van der Waals surface area (Å²) in [6.45, 7) is 0.641. The zero-order chi connectivity index (χ0) is 15.9. The molecule has 1 aliphatic rings. The zero-order valence-electron chi connectivity index (χ0n) is 12.1. The van der Waals surface area contributed by atoms with E-state index < -0.39 is 6.10 Å². The monoisotopic (exact) mass is 309 g/mol. The summed E-state index contributed by atoms with van der Waals surface area (Å²) in [5.41, 5.74) is 0.850. The van der Waals surface area contributed by atoms with E-state index in [4.69, 9.17) is 19.7 Å². The Kier molecular flexibility index (Phi) is 6.02. The van der Waals surface area contributed by atoms with Crippen LogP contribution in [-0.2, 0) is 9.47 Å². The number of imide groups is 1. The Bertz CT molecular complexity index is 498. The molecule has 1 aliphatic heterocycles. The van der Waals surface area contributed by atoms with Crippen LogP contribution < -0.4 is 0 Å². The molecule has 0 bridgehead atoms. The van der Waals surface area contributed by atoms with Crippen molar-refractivity contribution in [2.75, 3.05) is 39.6 Å². The lowest BCUT2D eigenvalue weighted by Crippen LogP contribution is -2.33. The Morgan fingerprint density at radius 2 is 1.59 bits per heavy atom. The average molecular weight is 309 g/mol. The lowest BCUT2D eigenvalue weighted by Gasteiger charge is -2.14. The van der Waals surface area contributed by atoms with Gasteiger partial charge in [-0.2, -0.15) is 0 Å². The highest BCUT2D eigenvalue weighted by atomic mass is 16.5. The Hall–Kier alpha value is -1.80. The van der Waals surface area contributed by atoms with Crippen molar-refractivity contribution < 1.29 is 29.3 Å². The van der Waals surface area contributed by atoms with Crippen LogP contribution >= 0.6 is 0 Å². The summed E-state index contributed by atoms with van der Waals surface area (Å²) in [5.74, 6) is -0.599. The van der Waals surface area contributed by atoms with E-state index in [1.807, 2.05) is 0 Å². The van der Waals surface area contributed by atoms with E-state index in [0.29, 0.717) is 11.1 Å². The lowest BCUT2D eigenvalue weighted by molar-refractivity contribution is -0.0159. The molecule has 0 fully saturated rings. The topological polar surface area (TPSA) is 96.3 Å². The molecule has 0 aromatic heterocycles. The number of nitrogens with zero attached hydrogens (tertiary/aromatic N) is 1. The second kappa shape index (κ2) is 8.00. The fraction of sp³-hybridized carbons (Fsp3) is 0.467. The Balaban J connectivity index is 1.67. The van der Waals surface area contributed by atoms with Gasteiger partial charge in [0.05, 0.1) is 50.7 Å². The van der Waals surface area contributed by atoms with E-state index in [9.17, 15) is 9.59 Å². The normalized spacial score (nSPS) is 15.3. The molecule has 7 heteroatoms. The minimum absolute atomic E-state index is 0.0399. The van der Waals surface area contributed by atoms with E-state index in [1.165, 1.54) is 4.90 Å². The predicted octanol–water partition coefficient (Wildman–Crippen LogP) is -0.331. The zero-order valence-corrected chi connectivity index (χ0v) is 12.1. The number of carbonyl (C=O) groups is 2. The van der Waals surface area contributed by atoms with E-state index >= 15 is 0 Å². The van der Waals surface area contributed by atoms with Crippen molar-refractivity contribution in [2.45, 2.75) is 6.10 Å². The van der Waals surface area contributed by atoms with Crippen LogP contribution in [-0.4, -0.2) is 72.6 Å². The highest BCUT2D eigenvalue weighted by Crippen LogP contribution is 2.21.